The number of rotatable bonds is 2. The molecule has 0 aliphatic carbocycles. The fraction of sp³-hybridized carbons (Fsp3) is 0. The third-order valence-electron chi connectivity index (χ3n) is 1.37. The summed E-state index contributed by atoms with van der Waals surface area (Å²) in [5, 5.41) is 18.9. The molecule has 72 valence electrons. The number of carboxylic acids is 1. The third-order valence-corrected chi connectivity index (χ3v) is 3.22. The Balaban J connectivity index is 3.15. The minimum Gasteiger partial charge on any atom is -0.477 e. The second kappa shape index (κ2) is 4.47. The van der Waals surface area contributed by atoms with Crippen molar-refractivity contribution in [1.29, 1.82) is 5.26 Å². The Bertz CT molecular complexity index is 445. The zero-order chi connectivity index (χ0) is 10.7. The van der Waals surface area contributed by atoms with E-state index in [0.29, 0.717) is 9.90 Å². The van der Waals surface area contributed by atoms with E-state index in [-0.39, 0.29) is 10.6 Å². The number of aliphatic carboxylic acids is 1. The second-order valence-corrected chi connectivity index (χ2v) is 4.11. The lowest BCUT2D eigenvalue weighted by Crippen LogP contribution is -1.96. The number of nitrogens with zero attached hydrogens (tertiary/aromatic N) is 1. The van der Waals surface area contributed by atoms with Crippen molar-refractivity contribution in [3.05, 3.63) is 25.9 Å². The van der Waals surface area contributed by atoms with Gasteiger partial charge in [0, 0.05) is 10.9 Å². The molecule has 1 N–H and O–H groups in total. The highest BCUT2D eigenvalue weighted by Gasteiger charge is 2.10. The average molecular weight is 248 g/mol. The summed E-state index contributed by atoms with van der Waals surface area (Å²) in [5.41, 5.74) is 0.0713. The van der Waals surface area contributed by atoms with Gasteiger partial charge in [-0.2, -0.15) is 5.26 Å². The molecule has 1 aromatic rings. The fourth-order valence-electron chi connectivity index (χ4n) is 0.727. The molecule has 14 heavy (non-hydrogen) atoms. The topological polar surface area (TPSA) is 61.1 Å². The first kappa shape index (κ1) is 11.1. The summed E-state index contributed by atoms with van der Waals surface area (Å²) in [5.74, 6) is -1.29. The van der Waals surface area contributed by atoms with Crippen LogP contribution in [0.3, 0.4) is 0 Å². The molecule has 0 amide bonds. The van der Waals surface area contributed by atoms with Gasteiger partial charge in [0.15, 0.2) is 0 Å². The van der Waals surface area contributed by atoms with Gasteiger partial charge in [-0.1, -0.05) is 23.2 Å². The molecule has 3 nitrogen and oxygen atoms in total. The van der Waals surface area contributed by atoms with E-state index in [1.807, 2.05) is 0 Å². The molecule has 1 heterocycles. The Hall–Kier alpha value is -1.02. The van der Waals surface area contributed by atoms with E-state index in [1.54, 1.807) is 11.4 Å². The van der Waals surface area contributed by atoms with Gasteiger partial charge in [0.25, 0.3) is 0 Å². The van der Waals surface area contributed by atoms with Crippen LogP contribution in [0.5, 0.6) is 0 Å². The van der Waals surface area contributed by atoms with E-state index in [9.17, 15) is 4.79 Å². The molecular weight excluding hydrogens is 245 g/mol. The molecule has 0 bridgehead atoms. The summed E-state index contributed by atoms with van der Waals surface area (Å²) >= 11 is 12.6. The smallest absolute Gasteiger partial charge is 0.346 e. The van der Waals surface area contributed by atoms with Gasteiger partial charge in [0.2, 0.25) is 0 Å². The van der Waals surface area contributed by atoms with E-state index in [2.05, 4.69) is 0 Å². The quantitative estimate of drug-likeness (QED) is 0.646. The second-order valence-electron chi connectivity index (χ2n) is 2.25. The first-order chi connectivity index (χ1) is 6.56. The van der Waals surface area contributed by atoms with Crippen LogP contribution in [0.2, 0.25) is 9.36 Å². The standard InChI is InChI=1S/C8H3Cl2NO2S/c9-6-5(3-14-7(6)10)1-4(2-11)8(12)13/h1,3H,(H,12,13)/b4-1-. The lowest BCUT2D eigenvalue weighted by Gasteiger charge is -1.90. The van der Waals surface area contributed by atoms with Crippen LogP contribution < -0.4 is 0 Å². The van der Waals surface area contributed by atoms with Crippen LogP contribution in [0.15, 0.2) is 11.0 Å². The molecule has 0 atom stereocenters. The SMILES string of the molecule is N#C/C(=C/c1csc(Cl)c1Cl)C(=O)O. The minimum absolute atomic E-state index is 0.269. The van der Waals surface area contributed by atoms with Gasteiger partial charge >= 0.3 is 5.97 Å². The van der Waals surface area contributed by atoms with E-state index in [1.165, 1.54) is 17.4 Å². The van der Waals surface area contributed by atoms with Crippen molar-refractivity contribution in [2.75, 3.05) is 0 Å². The van der Waals surface area contributed by atoms with E-state index in [0.717, 1.165) is 0 Å². The highest BCUT2D eigenvalue weighted by atomic mass is 35.5. The summed E-state index contributed by atoms with van der Waals surface area (Å²) in [6, 6.07) is 1.55. The monoisotopic (exact) mass is 247 g/mol. The molecule has 0 aliphatic rings. The fourth-order valence-corrected chi connectivity index (χ4v) is 1.91. The summed E-state index contributed by atoms with van der Waals surface area (Å²) < 4.78 is 0.376. The summed E-state index contributed by atoms with van der Waals surface area (Å²) in [4.78, 5) is 10.5. The number of nitriles is 1. The van der Waals surface area contributed by atoms with Gasteiger partial charge in [-0.15, -0.1) is 11.3 Å². The number of thiophene rings is 1. The van der Waals surface area contributed by atoms with Crippen molar-refractivity contribution in [1.82, 2.24) is 0 Å². The Morgan fingerprint density at radius 2 is 2.29 bits per heavy atom. The van der Waals surface area contributed by atoms with Gasteiger partial charge in [-0.25, -0.2) is 4.79 Å². The first-order valence-corrected chi connectivity index (χ1v) is 4.97. The van der Waals surface area contributed by atoms with E-state index >= 15 is 0 Å². The Labute approximate surface area is 93.8 Å². The zero-order valence-corrected chi connectivity index (χ0v) is 8.95. The maximum Gasteiger partial charge on any atom is 0.346 e. The maximum absolute atomic E-state index is 10.5. The van der Waals surface area contributed by atoms with Crippen LogP contribution in [0.25, 0.3) is 6.08 Å². The van der Waals surface area contributed by atoms with Crippen LogP contribution >= 0.6 is 34.5 Å². The van der Waals surface area contributed by atoms with Crippen LogP contribution in [-0.2, 0) is 4.79 Å². The predicted molar refractivity (Wildman–Crippen MR) is 55.6 cm³/mol. The molecule has 0 unspecified atom stereocenters. The Morgan fingerprint density at radius 1 is 1.64 bits per heavy atom. The highest BCUT2D eigenvalue weighted by molar-refractivity contribution is 7.15. The van der Waals surface area contributed by atoms with Gasteiger partial charge in [0.1, 0.15) is 16.0 Å². The molecule has 1 rings (SSSR count). The van der Waals surface area contributed by atoms with Crippen LogP contribution in [0.4, 0.5) is 0 Å². The molecule has 0 radical (unpaired) electrons. The van der Waals surface area contributed by atoms with Crippen LogP contribution in [0.1, 0.15) is 5.56 Å². The van der Waals surface area contributed by atoms with Gasteiger partial charge in [-0.3, -0.25) is 0 Å². The Morgan fingerprint density at radius 3 is 2.64 bits per heavy atom. The number of hydrogen-bond donors (Lipinski definition) is 1. The van der Waals surface area contributed by atoms with E-state index in [4.69, 9.17) is 33.6 Å². The van der Waals surface area contributed by atoms with Crippen molar-refractivity contribution in [3.63, 3.8) is 0 Å². The lowest BCUT2D eigenvalue weighted by molar-refractivity contribution is -0.132. The lowest BCUT2D eigenvalue weighted by atomic mass is 10.2. The third kappa shape index (κ3) is 2.26. The van der Waals surface area contributed by atoms with Gasteiger partial charge in [-0.05, 0) is 6.08 Å². The molecule has 0 spiro atoms. The number of halogens is 2. The minimum atomic E-state index is -1.29. The molecule has 0 aliphatic heterocycles. The number of carboxylic acid groups (broad SMARTS) is 1. The van der Waals surface area contributed by atoms with E-state index < -0.39 is 5.97 Å². The number of carbonyl (C=O) groups is 1. The molecule has 0 fully saturated rings. The normalized spacial score (nSPS) is 11.1. The van der Waals surface area contributed by atoms with Crippen molar-refractivity contribution in [2.45, 2.75) is 0 Å². The van der Waals surface area contributed by atoms with Crippen LogP contribution in [0, 0.1) is 11.3 Å². The van der Waals surface area contributed by atoms with Crippen molar-refractivity contribution < 1.29 is 9.90 Å². The van der Waals surface area contributed by atoms with Gasteiger partial charge < -0.3 is 5.11 Å². The first-order valence-electron chi connectivity index (χ1n) is 3.34. The molecule has 0 saturated carbocycles. The highest BCUT2D eigenvalue weighted by Crippen LogP contribution is 2.33. The summed E-state index contributed by atoms with van der Waals surface area (Å²) in [6.07, 6.45) is 1.19. The Kier molecular flexibility index (Phi) is 3.53. The predicted octanol–water partition coefficient (Wildman–Crippen LogP) is 3.05. The average Bonchev–Trinajstić information content (AvgIpc) is 2.44. The van der Waals surface area contributed by atoms with Gasteiger partial charge in [0.05, 0.1) is 5.02 Å². The molecule has 0 aromatic carbocycles. The van der Waals surface area contributed by atoms with Crippen molar-refractivity contribution >= 4 is 46.6 Å². The molecular formula is C8H3Cl2NO2S. The maximum atomic E-state index is 10.5. The largest absolute Gasteiger partial charge is 0.477 e. The van der Waals surface area contributed by atoms with Crippen molar-refractivity contribution in [3.8, 4) is 6.07 Å². The summed E-state index contributed by atoms with van der Waals surface area (Å²) in [7, 11) is 0. The molecule has 0 saturated heterocycles. The summed E-state index contributed by atoms with van der Waals surface area (Å²) in [6.45, 7) is 0. The number of hydrogen-bond acceptors (Lipinski definition) is 3. The van der Waals surface area contributed by atoms with Crippen LogP contribution in [-0.4, -0.2) is 11.1 Å². The zero-order valence-electron chi connectivity index (χ0n) is 6.62. The van der Waals surface area contributed by atoms with Crippen molar-refractivity contribution in [2.24, 2.45) is 0 Å². The molecule has 6 heteroatoms. The molecule has 1 aromatic heterocycles.